The normalized spacial score (nSPS) is 10.7. The van der Waals surface area contributed by atoms with Crippen molar-refractivity contribution in [2.45, 2.75) is 13.8 Å². The highest BCUT2D eigenvalue weighted by Crippen LogP contribution is 2.32. The fraction of sp³-hybridized carbons (Fsp3) is 0.125. The number of fused-ring (bicyclic) bond motifs is 1. The summed E-state index contributed by atoms with van der Waals surface area (Å²) in [6.07, 6.45) is 1.41. The maximum atomic E-state index is 10.9. The molecule has 0 bridgehead atoms. The largest absolute Gasteiger partial charge is 0.506 e. The first-order valence-electron chi connectivity index (χ1n) is 6.92. The second-order valence-electron chi connectivity index (χ2n) is 5.26. The molecule has 0 atom stereocenters. The van der Waals surface area contributed by atoms with Crippen molar-refractivity contribution < 1.29 is 10.0 Å². The number of aryl methyl sites for hydroxylation is 2. The van der Waals surface area contributed by atoms with Gasteiger partial charge in [0.25, 0.3) is 5.69 Å². The van der Waals surface area contributed by atoms with Crippen molar-refractivity contribution in [1.82, 2.24) is 9.97 Å². The van der Waals surface area contributed by atoms with Crippen LogP contribution in [0.15, 0.2) is 36.7 Å². The summed E-state index contributed by atoms with van der Waals surface area (Å²) in [7, 11) is 0. The van der Waals surface area contributed by atoms with Crippen LogP contribution in [0, 0.1) is 24.0 Å². The molecule has 116 valence electrons. The summed E-state index contributed by atoms with van der Waals surface area (Å²) in [5.41, 5.74) is 3.06. The molecule has 1 aromatic heterocycles. The number of phenols is 1. The zero-order valence-corrected chi connectivity index (χ0v) is 12.6. The fourth-order valence-electron chi connectivity index (χ4n) is 2.28. The van der Waals surface area contributed by atoms with Crippen LogP contribution in [0.25, 0.3) is 10.9 Å². The number of aromatic nitrogens is 2. The Bertz CT molecular complexity index is 925. The van der Waals surface area contributed by atoms with Gasteiger partial charge in [0.2, 0.25) is 0 Å². The molecular formula is C16H14N4O3. The number of hydrogen-bond acceptors (Lipinski definition) is 6. The molecule has 3 rings (SSSR count). The Morgan fingerprint density at radius 1 is 1.13 bits per heavy atom. The number of rotatable bonds is 3. The van der Waals surface area contributed by atoms with E-state index < -0.39 is 4.92 Å². The fourth-order valence-corrected chi connectivity index (χ4v) is 2.28. The van der Waals surface area contributed by atoms with E-state index in [4.69, 9.17) is 0 Å². The first kappa shape index (κ1) is 14.7. The van der Waals surface area contributed by atoms with Gasteiger partial charge in [-0.25, -0.2) is 9.97 Å². The van der Waals surface area contributed by atoms with E-state index in [0.29, 0.717) is 5.82 Å². The van der Waals surface area contributed by atoms with E-state index in [-0.39, 0.29) is 17.1 Å². The lowest BCUT2D eigenvalue weighted by molar-refractivity contribution is -0.384. The molecule has 0 aliphatic heterocycles. The van der Waals surface area contributed by atoms with Crippen LogP contribution < -0.4 is 5.32 Å². The molecule has 0 spiro atoms. The third-order valence-corrected chi connectivity index (χ3v) is 3.69. The third kappa shape index (κ3) is 2.76. The van der Waals surface area contributed by atoms with Crippen molar-refractivity contribution in [3.05, 3.63) is 57.9 Å². The monoisotopic (exact) mass is 310 g/mol. The highest BCUT2D eigenvalue weighted by atomic mass is 16.6. The van der Waals surface area contributed by atoms with Crippen molar-refractivity contribution in [2.24, 2.45) is 0 Å². The van der Waals surface area contributed by atoms with E-state index in [9.17, 15) is 15.2 Å². The molecule has 0 aliphatic rings. The molecule has 0 unspecified atom stereocenters. The van der Waals surface area contributed by atoms with Crippen LogP contribution in [-0.2, 0) is 0 Å². The predicted molar refractivity (Wildman–Crippen MR) is 87.1 cm³/mol. The van der Waals surface area contributed by atoms with Gasteiger partial charge in [0.05, 0.1) is 16.1 Å². The maximum absolute atomic E-state index is 10.9. The van der Waals surface area contributed by atoms with E-state index in [2.05, 4.69) is 15.3 Å². The van der Waals surface area contributed by atoms with Crippen molar-refractivity contribution in [2.75, 3.05) is 5.32 Å². The van der Waals surface area contributed by atoms with Gasteiger partial charge in [0, 0.05) is 17.5 Å². The molecule has 23 heavy (non-hydrogen) atoms. The number of nitro groups is 1. The summed E-state index contributed by atoms with van der Waals surface area (Å²) in [5, 5.41) is 24.5. The molecule has 1 heterocycles. The Balaban J connectivity index is 2.10. The van der Waals surface area contributed by atoms with E-state index in [1.165, 1.54) is 24.5 Å². The Morgan fingerprint density at radius 2 is 1.87 bits per heavy atom. The molecule has 0 amide bonds. The van der Waals surface area contributed by atoms with Gasteiger partial charge >= 0.3 is 0 Å². The molecule has 3 aromatic rings. The lowest BCUT2D eigenvalue weighted by atomic mass is 10.1. The maximum Gasteiger partial charge on any atom is 0.271 e. The minimum absolute atomic E-state index is 0.0915. The summed E-state index contributed by atoms with van der Waals surface area (Å²) < 4.78 is 0. The topological polar surface area (TPSA) is 101 Å². The van der Waals surface area contributed by atoms with Crippen LogP contribution in [0.1, 0.15) is 11.1 Å². The van der Waals surface area contributed by atoms with Crippen LogP contribution in [-0.4, -0.2) is 20.0 Å². The highest BCUT2D eigenvalue weighted by Gasteiger charge is 2.13. The Morgan fingerprint density at radius 3 is 2.61 bits per heavy atom. The van der Waals surface area contributed by atoms with Gasteiger partial charge in [-0.05, 0) is 43.2 Å². The van der Waals surface area contributed by atoms with Crippen LogP contribution >= 0.6 is 0 Å². The number of non-ortho nitro benzene ring substituents is 1. The van der Waals surface area contributed by atoms with E-state index in [1.807, 2.05) is 26.0 Å². The first-order valence-corrected chi connectivity index (χ1v) is 6.92. The van der Waals surface area contributed by atoms with Crippen LogP contribution in [0.5, 0.6) is 5.75 Å². The van der Waals surface area contributed by atoms with Gasteiger partial charge in [-0.15, -0.1) is 0 Å². The van der Waals surface area contributed by atoms with Gasteiger partial charge in [0.1, 0.15) is 17.9 Å². The first-order chi connectivity index (χ1) is 11.0. The van der Waals surface area contributed by atoms with Gasteiger partial charge in [0.15, 0.2) is 0 Å². The Hall–Kier alpha value is -3.22. The molecule has 0 fully saturated rings. The van der Waals surface area contributed by atoms with E-state index >= 15 is 0 Å². The summed E-state index contributed by atoms with van der Waals surface area (Å²) in [6, 6.07) is 7.68. The summed E-state index contributed by atoms with van der Waals surface area (Å²) >= 11 is 0. The van der Waals surface area contributed by atoms with Crippen LogP contribution in [0.4, 0.5) is 17.2 Å². The summed E-state index contributed by atoms with van der Waals surface area (Å²) in [4.78, 5) is 18.8. The van der Waals surface area contributed by atoms with Crippen molar-refractivity contribution >= 4 is 28.1 Å². The molecule has 0 saturated carbocycles. The summed E-state index contributed by atoms with van der Waals surface area (Å²) in [6.45, 7) is 3.98. The standard InChI is InChI=1S/C16H14N4O3/c1-9-5-12-13(6-10(9)2)17-8-18-16(12)19-14-7-11(20(22)23)3-4-15(14)21/h3-8,21H,1-2H3,(H,17,18,19). The number of anilines is 2. The molecule has 2 aromatic carbocycles. The minimum Gasteiger partial charge on any atom is -0.506 e. The smallest absolute Gasteiger partial charge is 0.271 e. The van der Waals surface area contributed by atoms with E-state index in [0.717, 1.165) is 22.0 Å². The molecular weight excluding hydrogens is 296 g/mol. The molecule has 0 radical (unpaired) electrons. The highest BCUT2D eigenvalue weighted by molar-refractivity contribution is 5.92. The molecule has 2 N–H and O–H groups in total. The van der Waals surface area contributed by atoms with Crippen molar-refractivity contribution in [1.29, 1.82) is 0 Å². The summed E-state index contributed by atoms with van der Waals surface area (Å²) in [5.74, 6) is 0.389. The van der Waals surface area contributed by atoms with Crippen LogP contribution in [0.3, 0.4) is 0 Å². The van der Waals surface area contributed by atoms with Crippen LogP contribution in [0.2, 0.25) is 0 Å². The molecule has 7 nitrogen and oxygen atoms in total. The second-order valence-corrected chi connectivity index (χ2v) is 5.26. The molecule has 0 aliphatic carbocycles. The minimum atomic E-state index is -0.518. The SMILES string of the molecule is Cc1cc2ncnc(Nc3cc([N+](=O)[O-])ccc3O)c2cc1C. The number of phenolic OH excluding ortho intramolecular Hbond substituents is 1. The number of nitrogens with one attached hydrogen (secondary N) is 1. The van der Waals surface area contributed by atoms with Crippen molar-refractivity contribution in [3.8, 4) is 5.75 Å². The van der Waals surface area contributed by atoms with Gasteiger partial charge < -0.3 is 10.4 Å². The average Bonchev–Trinajstić information content (AvgIpc) is 2.51. The van der Waals surface area contributed by atoms with Crippen molar-refractivity contribution in [3.63, 3.8) is 0 Å². The number of aromatic hydroxyl groups is 1. The molecule has 0 saturated heterocycles. The lowest BCUT2D eigenvalue weighted by Crippen LogP contribution is -1.98. The predicted octanol–water partition coefficient (Wildman–Crippen LogP) is 3.60. The van der Waals surface area contributed by atoms with Gasteiger partial charge in [-0.3, -0.25) is 10.1 Å². The van der Waals surface area contributed by atoms with Gasteiger partial charge in [-0.1, -0.05) is 0 Å². The Kier molecular flexibility index (Phi) is 3.53. The number of hydrogen-bond donors (Lipinski definition) is 2. The Labute approximate surface area is 131 Å². The number of nitrogens with zero attached hydrogens (tertiary/aromatic N) is 3. The third-order valence-electron chi connectivity index (χ3n) is 3.69. The zero-order chi connectivity index (χ0) is 16.6. The molecule has 7 heteroatoms. The second kappa shape index (κ2) is 5.53. The average molecular weight is 310 g/mol. The quantitative estimate of drug-likeness (QED) is 0.435. The number of nitro benzene ring substituents is 1. The zero-order valence-electron chi connectivity index (χ0n) is 12.6. The van der Waals surface area contributed by atoms with Gasteiger partial charge in [-0.2, -0.15) is 0 Å². The lowest BCUT2D eigenvalue weighted by Gasteiger charge is -2.11. The van der Waals surface area contributed by atoms with E-state index in [1.54, 1.807) is 0 Å². The number of benzene rings is 2.